The van der Waals surface area contributed by atoms with Gasteiger partial charge in [0.25, 0.3) is 11.6 Å². The summed E-state index contributed by atoms with van der Waals surface area (Å²) in [6, 6.07) is 19.7. The van der Waals surface area contributed by atoms with E-state index in [1.807, 2.05) is 53.4 Å². The van der Waals surface area contributed by atoms with Crippen molar-refractivity contribution < 1.29 is 14.1 Å². The highest BCUT2D eigenvalue weighted by molar-refractivity contribution is 7.80. The van der Waals surface area contributed by atoms with Crippen molar-refractivity contribution in [3.05, 3.63) is 93.9 Å². The van der Waals surface area contributed by atoms with Crippen molar-refractivity contribution >= 4 is 51.4 Å². The molecule has 1 aliphatic rings. The molecule has 1 saturated heterocycles. The summed E-state index contributed by atoms with van der Waals surface area (Å²) in [7, 11) is 0. The molecule has 5 rings (SSSR count). The molecule has 0 saturated carbocycles. The van der Waals surface area contributed by atoms with Gasteiger partial charge in [-0.25, -0.2) is 4.98 Å². The van der Waals surface area contributed by atoms with Crippen LogP contribution in [0.3, 0.4) is 0 Å². The highest BCUT2D eigenvalue weighted by Crippen LogP contribution is 2.31. The first-order valence-electron chi connectivity index (χ1n) is 12.1. The number of aromatic nitrogens is 1. The van der Waals surface area contributed by atoms with Gasteiger partial charge in [-0.1, -0.05) is 24.3 Å². The second-order valence-corrected chi connectivity index (χ2v) is 9.27. The molecule has 0 radical (unpaired) electrons. The van der Waals surface area contributed by atoms with Crippen LogP contribution in [0, 0.1) is 10.1 Å². The van der Waals surface area contributed by atoms with Crippen LogP contribution >= 0.6 is 12.2 Å². The first-order valence-corrected chi connectivity index (χ1v) is 12.5. The third-order valence-corrected chi connectivity index (χ3v) is 6.47. The van der Waals surface area contributed by atoms with Crippen LogP contribution in [-0.4, -0.2) is 34.0 Å². The normalized spacial score (nSPS) is 13.4. The number of amides is 1. The Hall–Kier alpha value is -4.31. The van der Waals surface area contributed by atoms with Crippen molar-refractivity contribution in [1.82, 2.24) is 10.3 Å². The quantitative estimate of drug-likeness (QED) is 0.198. The maximum atomic E-state index is 12.7. The predicted molar refractivity (Wildman–Crippen MR) is 146 cm³/mol. The number of hydrogen-bond donors (Lipinski definition) is 2. The van der Waals surface area contributed by atoms with E-state index in [2.05, 4.69) is 15.6 Å². The van der Waals surface area contributed by atoms with Gasteiger partial charge in [0.1, 0.15) is 11.2 Å². The molecule has 1 amide bonds. The van der Waals surface area contributed by atoms with Crippen LogP contribution in [0.15, 0.2) is 71.1 Å². The van der Waals surface area contributed by atoms with Crippen LogP contribution < -0.4 is 15.5 Å². The van der Waals surface area contributed by atoms with E-state index in [0.717, 1.165) is 49.0 Å². The van der Waals surface area contributed by atoms with Gasteiger partial charge in [-0.15, -0.1) is 0 Å². The SMILES string of the molecule is O=C(NC(=S)Nc1ccc(Cc2nc3ccccc3o2)cc1)c1ccc(N2CCCCC2)c([N+](=O)[O-])c1. The zero-order valence-electron chi connectivity index (χ0n) is 20.0. The lowest BCUT2D eigenvalue weighted by Crippen LogP contribution is -2.34. The molecule has 3 aromatic carbocycles. The van der Waals surface area contributed by atoms with Crippen LogP contribution in [0.1, 0.15) is 41.1 Å². The molecular formula is C27H25N5O4S. The molecule has 2 N–H and O–H groups in total. The Bertz CT molecular complexity index is 1430. The summed E-state index contributed by atoms with van der Waals surface area (Å²) in [6.45, 7) is 1.54. The lowest BCUT2D eigenvalue weighted by Gasteiger charge is -2.28. The zero-order chi connectivity index (χ0) is 25.8. The van der Waals surface area contributed by atoms with Gasteiger partial charge in [-0.3, -0.25) is 20.2 Å². The highest BCUT2D eigenvalue weighted by atomic mass is 32.1. The van der Waals surface area contributed by atoms with Gasteiger partial charge in [0.2, 0.25) is 0 Å². The molecule has 0 atom stereocenters. The second-order valence-electron chi connectivity index (χ2n) is 8.87. The lowest BCUT2D eigenvalue weighted by molar-refractivity contribution is -0.384. The summed E-state index contributed by atoms with van der Waals surface area (Å²) < 4.78 is 5.78. The number of oxazole rings is 1. The van der Waals surface area contributed by atoms with E-state index >= 15 is 0 Å². The topological polar surface area (TPSA) is 114 Å². The summed E-state index contributed by atoms with van der Waals surface area (Å²) in [6.07, 6.45) is 3.66. The molecule has 0 bridgehead atoms. The molecule has 1 fully saturated rings. The smallest absolute Gasteiger partial charge is 0.293 e. The first kappa shape index (κ1) is 24.4. The number of nitrogens with zero attached hydrogens (tertiary/aromatic N) is 3. The number of benzene rings is 3. The fraction of sp³-hybridized carbons (Fsp3) is 0.222. The van der Waals surface area contributed by atoms with Crippen molar-refractivity contribution in [3.63, 3.8) is 0 Å². The number of thiocarbonyl (C=S) groups is 1. The van der Waals surface area contributed by atoms with Crippen LogP contribution in [-0.2, 0) is 6.42 Å². The number of carbonyl (C=O) groups excluding carboxylic acids is 1. The molecular weight excluding hydrogens is 490 g/mol. The van der Waals surface area contributed by atoms with Crippen LogP contribution in [0.4, 0.5) is 17.1 Å². The monoisotopic (exact) mass is 515 g/mol. The molecule has 0 unspecified atom stereocenters. The number of carbonyl (C=O) groups is 1. The van der Waals surface area contributed by atoms with Crippen molar-refractivity contribution in [3.8, 4) is 0 Å². The molecule has 37 heavy (non-hydrogen) atoms. The Labute approximate surface area is 218 Å². The fourth-order valence-electron chi connectivity index (χ4n) is 4.43. The van der Waals surface area contributed by atoms with Gasteiger partial charge >= 0.3 is 0 Å². The van der Waals surface area contributed by atoms with Crippen molar-refractivity contribution in [1.29, 1.82) is 0 Å². The average molecular weight is 516 g/mol. The predicted octanol–water partition coefficient (Wildman–Crippen LogP) is 5.44. The molecule has 4 aromatic rings. The third kappa shape index (κ3) is 5.75. The molecule has 1 aromatic heterocycles. The minimum absolute atomic E-state index is 0.0806. The van der Waals surface area contributed by atoms with Crippen molar-refractivity contribution in [2.24, 2.45) is 0 Å². The molecule has 0 spiro atoms. The number of hydrogen-bond acceptors (Lipinski definition) is 7. The van der Waals surface area contributed by atoms with E-state index in [1.165, 1.54) is 6.07 Å². The molecule has 1 aliphatic heterocycles. The van der Waals surface area contributed by atoms with E-state index in [1.54, 1.807) is 12.1 Å². The number of rotatable bonds is 6. The number of nitro groups is 1. The Morgan fingerprint density at radius 1 is 1.05 bits per heavy atom. The summed E-state index contributed by atoms with van der Waals surface area (Å²) in [5.41, 5.74) is 3.91. The molecule has 2 heterocycles. The largest absolute Gasteiger partial charge is 0.440 e. The number of para-hydroxylation sites is 2. The highest BCUT2D eigenvalue weighted by Gasteiger charge is 2.23. The maximum absolute atomic E-state index is 12.7. The minimum Gasteiger partial charge on any atom is -0.440 e. The van der Waals surface area contributed by atoms with Gasteiger partial charge in [0.05, 0.1) is 4.92 Å². The fourth-order valence-corrected chi connectivity index (χ4v) is 4.64. The third-order valence-electron chi connectivity index (χ3n) is 6.26. The van der Waals surface area contributed by atoms with Gasteiger partial charge < -0.3 is 14.6 Å². The summed E-state index contributed by atoms with van der Waals surface area (Å²) in [5, 5.41) is 17.4. The first-order chi connectivity index (χ1) is 18.0. The van der Waals surface area contributed by atoms with E-state index < -0.39 is 10.8 Å². The summed E-state index contributed by atoms with van der Waals surface area (Å²) in [4.78, 5) is 30.5. The maximum Gasteiger partial charge on any atom is 0.293 e. The van der Waals surface area contributed by atoms with Gasteiger partial charge in [-0.2, -0.15) is 0 Å². The van der Waals surface area contributed by atoms with Crippen molar-refractivity contribution in [2.75, 3.05) is 23.3 Å². The summed E-state index contributed by atoms with van der Waals surface area (Å²) in [5.74, 6) is 0.114. The average Bonchev–Trinajstić information content (AvgIpc) is 3.32. The van der Waals surface area contributed by atoms with Gasteiger partial charge in [0, 0.05) is 36.8 Å². The summed E-state index contributed by atoms with van der Waals surface area (Å²) >= 11 is 5.29. The standard InChI is InChI=1S/C27H25N5O4S/c33-26(19-10-13-22(23(17-19)32(34)35)31-14-4-1-5-15-31)30-27(37)28-20-11-8-18(9-12-20)16-25-29-21-6-2-3-7-24(21)36-25/h2-3,6-13,17H,1,4-5,14-16H2,(H2,28,30,33,37). The number of piperidine rings is 1. The van der Waals surface area contributed by atoms with Gasteiger partial charge in [-0.05, 0) is 73.4 Å². The number of nitro benzene ring substituents is 1. The molecule has 0 aliphatic carbocycles. The Morgan fingerprint density at radius 2 is 1.81 bits per heavy atom. The Kier molecular flexibility index (Phi) is 7.09. The number of anilines is 2. The minimum atomic E-state index is -0.515. The molecule has 9 nitrogen and oxygen atoms in total. The molecule has 188 valence electrons. The van der Waals surface area contributed by atoms with Crippen LogP contribution in [0.25, 0.3) is 11.1 Å². The second kappa shape index (κ2) is 10.8. The van der Waals surface area contributed by atoms with E-state index in [4.69, 9.17) is 16.6 Å². The Morgan fingerprint density at radius 3 is 2.54 bits per heavy atom. The Balaban J connectivity index is 1.20. The number of fused-ring (bicyclic) bond motifs is 1. The van der Waals surface area contributed by atoms with E-state index in [0.29, 0.717) is 23.7 Å². The lowest BCUT2D eigenvalue weighted by atomic mass is 10.1. The number of nitrogens with one attached hydrogen (secondary N) is 2. The van der Waals surface area contributed by atoms with E-state index in [9.17, 15) is 14.9 Å². The van der Waals surface area contributed by atoms with Crippen LogP contribution in [0.2, 0.25) is 0 Å². The van der Waals surface area contributed by atoms with E-state index in [-0.39, 0.29) is 16.4 Å². The zero-order valence-corrected chi connectivity index (χ0v) is 20.8. The van der Waals surface area contributed by atoms with Crippen LogP contribution in [0.5, 0.6) is 0 Å². The van der Waals surface area contributed by atoms with Crippen molar-refractivity contribution in [2.45, 2.75) is 25.7 Å². The molecule has 10 heteroatoms. The van der Waals surface area contributed by atoms with Gasteiger partial charge in [0.15, 0.2) is 16.6 Å².